The minimum atomic E-state index is -0.976. The SMILES string of the molecule is C=C([C@H](O)C[C@H](O)[C@@]1(C)CC[C@H](C(C)(C)O)O1)[C@H]1CC[C@H]2O[C@@H]([C@]3(C)CC[C@@H](Br)C(C)(C)O3)CC[C@]2(C)O1. The molecule has 0 aromatic rings. The van der Waals surface area contributed by atoms with Crippen LogP contribution in [-0.2, 0) is 18.9 Å². The van der Waals surface area contributed by atoms with Gasteiger partial charge >= 0.3 is 0 Å². The van der Waals surface area contributed by atoms with Crippen LogP contribution in [0.15, 0.2) is 12.2 Å². The third-order valence-corrected chi connectivity index (χ3v) is 11.5. The van der Waals surface area contributed by atoms with Crippen molar-refractivity contribution in [1.29, 1.82) is 0 Å². The molecule has 10 atom stereocenters. The first kappa shape index (κ1) is 30.9. The van der Waals surface area contributed by atoms with Gasteiger partial charge in [-0.25, -0.2) is 0 Å². The summed E-state index contributed by atoms with van der Waals surface area (Å²) in [7, 11) is 0. The highest BCUT2D eigenvalue weighted by Gasteiger charge is 2.54. The van der Waals surface area contributed by atoms with Gasteiger partial charge in [0.15, 0.2) is 0 Å². The average Bonchev–Trinajstić information content (AvgIpc) is 3.24. The Morgan fingerprint density at radius 2 is 1.55 bits per heavy atom. The second-order valence-electron chi connectivity index (χ2n) is 14.1. The van der Waals surface area contributed by atoms with Crippen molar-refractivity contribution in [3.05, 3.63) is 12.2 Å². The molecule has 4 aliphatic rings. The van der Waals surface area contributed by atoms with Crippen LogP contribution in [0.25, 0.3) is 0 Å². The van der Waals surface area contributed by atoms with Gasteiger partial charge in [-0.3, -0.25) is 0 Å². The lowest BCUT2D eigenvalue weighted by atomic mass is 9.76. The van der Waals surface area contributed by atoms with E-state index in [0.717, 1.165) is 32.1 Å². The molecule has 4 heterocycles. The Hall–Kier alpha value is -0.0600. The minimum Gasteiger partial charge on any atom is -0.390 e. The van der Waals surface area contributed by atoms with Crippen LogP contribution in [0.4, 0.5) is 0 Å². The summed E-state index contributed by atoms with van der Waals surface area (Å²) in [6, 6.07) is 0. The highest BCUT2D eigenvalue weighted by atomic mass is 79.9. The van der Waals surface area contributed by atoms with E-state index in [2.05, 4.69) is 50.2 Å². The van der Waals surface area contributed by atoms with E-state index < -0.39 is 29.0 Å². The van der Waals surface area contributed by atoms with Gasteiger partial charge in [-0.1, -0.05) is 22.5 Å². The van der Waals surface area contributed by atoms with E-state index in [4.69, 9.17) is 18.9 Å². The zero-order valence-electron chi connectivity index (χ0n) is 24.5. The summed E-state index contributed by atoms with van der Waals surface area (Å²) in [5.74, 6) is 0. The van der Waals surface area contributed by atoms with Gasteiger partial charge in [0.05, 0.1) is 64.6 Å². The van der Waals surface area contributed by atoms with Crippen molar-refractivity contribution in [2.45, 2.75) is 176 Å². The van der Waals surface area contributed by atoms with Crippen LogP contribution in [0, 0.1) is 0 Å². The highest BCUT2D eigenvalue weighted by Crippen LogP contribution is 2.48. The monoisotopic (exact) mass is 602 g/mol. The van der Waals surface area contributed by atoms with Crippen LogP contribution in [0.1, 0.15) is 106 Å². The van der Waals surface area contributed by atoms with E-state index >= 15 is 0 Å². The van der Waals surface area contributed by atoms with Crippen molar-refractivity contribution in [1.82, 2.24) is 0 Å². The molecule has 0 unspecified atom stereocenters. The molecule has 0 aliphatic carbocycles. The van der Waals surface area contributed by atoms with Crippen molar-refractivity contribution in [2.75, 3.05) is 0 Å². The molecule has 38 heavy (non-hydrogen) atoms. The van der Waals surface area contributed by atoms with E-state index in [9.17, 15) is 15.3 Å². The summed E-state index contributed by atoms with van der Waals surface area (Å²) in [4.78, 5) is 0.331. The first-order valence-electron chi connectivity index (χ1n) is 14.5. The molecule has 4 fully saturated rings. The van der Waals surface area contributed by atoms with Crippen LogP contribution in [-0.4, -0.2) is 84.8 Å². The minimum absolute atomic E-state index is 0.0174. The van der Waals surface area contributed by atoms with Crippen LogP contribution < -0.4 is 0 Å². The third-order valence-electron chi connectivity index (χ3n) is 9.94. The summed E-state index contributed by atoms with van der Waals surface area (Å²) in [5, 5.41) is 32.4. The summed E-state index contributed by atoms with van der Waals surface area (Å²) >= 11 is 3.78. The molecule has 3 N–H and O–H groups in total. The molecule has 8 heteroatoms. The van der Waals surface area contributed by atoms with Crippen LogP contribution >= 0.6 is 15.9 Å². The Labute approximate surface area is 237 Å². The molecule has 7 nitrogen and oxygen atoms in total. The lowest BCUT2D eigenvalue weighted by Crippen LogP contribution is -2.62. The zero-order valence-corrected chi connectivity index (χ0v) is 26.1. The fourth-order valence-corrected chi connectivity index (χ4v) is 7.35. The van der Waals surface area contributed by atoms with Gasteiger partial charge in [-0.2, -0.15) is 0 Å². The summed E-state index contributed by atoms with van der Waals surface area (Å²) in [6.45, 7) is 18.1. The number of hydrogen-bond donors (Lipinski definition) is 3. The fraction of sp³-hybridized carbons (Fsp3) is 0.933. The number of alkyl halides is 1. The molecule has 220 valence electrons. The molecule has 0 aromatic carbocycles. The maximum absolute atomic E-state index is 11.0. The number of aliphatic hydroxyl groups excluding tert-OH is 2. The Balaban J connectivity index is 1.33. The predicted octanol–water partition coefficient (Wildman–Crippen LogP) is 4.96. The fourth-order valence-electron chi connectivity index (χ4n) is 7.03. The molecule has 4 rings (SSSR count). The van der Waals surface area contributed by atoms with Gasteiger partial charge in [-0.15, -0.1) is 0 Å². The molecular formula is C30H51BrO7. The smallest absolute Gasteiger partial charge is 0.0924 e. The van der Waals surface area contributed by atoms with Crippen molar-refractivity contribution in [2.24, 2.45) is 0 Å². The zero-order chi connectivity index (χ0) is 28.3. The number of halogens is 1. The average molecular weight is 604 g/mol. The molecule has 0 radical (unpaired) electrons. The van der Waals surface area contributed by atoms with Gasteiger partial charge in [0.1, 0.15) is 0 Å². The standard InChI is InChI=1S/C30H51BrO7/c1-18(19(32)17-22(33)28(6)15-12-23(37-28)26(2,3)34)20-9-10-24-29(7,36-20)16-13-25(35-24)30(8)14-11-21(31)27(4,5)38-30/h19-25,32-34H,1,9-17H2,2-8H3/t19-,20-,21-,22+,23-,24-,25-,28-,29+,30+/m1/s1. The van der Waals surface area contributed by atoms with Gasteiger partial charge < -0.3 is 34.3 Å². The Bertz CT molecular complexity index is 873. The van der Waals surface area contributed by atoms with Crippen molar-refractivity contribution < 1.29 is 34.3 Å². The van der Waals surface area contributed by atoms with E-state index in [1.165, 1.54) is 0 Å². The Morgan fingerprint density at radius 3 is 2.16 bits per heavy atom. The molecule has 4 saturated heterocycles. The van der Waals surface area contributed by atoms with Gasteiger partial charge in [0.25, 0.3) is 0 Å². The first-order valence-corrected chi connectivity index (χ1v) is 15.4. The van der Waals surface area contributed by atoms with Crippen LogP contribution in [0.5, 0.6) is 0 Å². The molecule has 0 aromatic heterocycles. The van der Waals surface area contributed by atoms with E-state index in [1.807, 2.05) is 6.92 Å². The van der Waals surface area contributed by atoms with E-state index in [0.29, 0.717) is 29.7 Å². The molecule has 0 bridgehead atoms. The highest BCUT2D eigenvalue weighted by molar-refractivity contribution is 9.09. The largest absolute Gasteiger partial charge is 0.390 e. The Morgan fingerprint density at radius 1 is 0.921 bits per heavy atom. The maximum Gasteiger partial charge on any atom is 0.0924 e. The van der Waals surface area contributed by atoms with E-state index in [-0.39, 0.29) is 42.0 Å². The normalized spacial score (nSPS) is 45.3. The summed E-state index contributed by atoms with van der Waals surface area (Å²) in [5.41, 5.74) is -2.23. The molecule has 0 saturated carbocycles. The summed E-state index contributed by atoms with van der Waals surface area (Å²) in [6.07, 6.45) is 4.19. The van der Waals surface area contributed by atoms with Gasteiger partial charge in [0.2, 0.25) is 0 Å². The molecular weight excluding hydrogens is 552 g/mol. The predicted molar refractivity (Wildman–Crippen MR) is 151 cm³/mol. The van der Waals surface area contributed by atoms with Gasteiger partial charge in [-0.05, 0) is 105 Å². The maximum atomic E-state index is 11.0. The number of aliphatic hydroxyl groups is 3. The lowest BCUT2D eigenvalue weighted by Gasteiger charge is -2.55. The van der Waals surface area contributed by atoms with Crippen molar-refractivity contribution in [3.63, 3.8) is 0 Å². The number of rotatable bonds is 7. The van der Waals surface area contributed by atoms with Crippen molar-refractivity contribution >= 4 is 15.9 Å². The quantitative estimate of drug-likeness (QED) is 0.280. The topological polar surface area (TPSA) is 97.6 Å². The van der Waals surface area contributed by atoms with Crippen LogP contribution in [0.2, 0.25) is 0 Å². The van der Waals surface area contributed by atoms with Crippen LogP contribution in [0.3, 0.4) is 0 Å². The lowest BCUT2D eigenvalue weighted by molar-refractivity contribution is -0.285. The molecule has 0 spiro atoms. The second kappa shape index (κ2) is 10.6. The van der Waals surface area contributed by atoms with Crippen molar-refractivity contribution in [3.8, 4) is 0 Å². The molecule has 4 aliphatic heterocycles. The third kappa shape index (κ3) is 6.08. The summed E-state index contributed by atoms with van der Waals surface area (Å²) < 4.78 is 26.0. The second-order valence-corrected chi connectivity index (χ2v) is 15.2. The number of fused-ring (bicyclic) bond motifs is 1. The van der Waals surface area contributed by atoms with E-state index in [1.54, 1.807) is 13.8 Å². The first-order chi connectivity index (χ1) is 17.4. The Kier molecular flexibility index (Phi) is 8.66. The number of ether oxygens (including phenoxy) is 4. The molecule has 0 amide bonds. The van der Waals surface area contributed by atoms with Gasteiger partial charge in [0, 0.05) is 11.2 Å². The number of hydrogen-bond acceptors (Lipinski definition) is 7.